The summed E-state index contributed by atoms with van der Waals surface area (Å²) in [5.41, 5.74) is 0. The minimum atomic E-state index is -0.0291. The first-order valence-corrected chi connectivity index (χ1v) is 7.78. The monoisotopic (exact) mass is 276 g/mol. The lowest BCUT2D eigenvalue weighted by molar-refractivity contribution is -0.137. The van der Waals surface area contributed by atoms with Gasteiger partial charge >= 0.3 is 0 Å². The van der Waals surface area contributed by atoms with Crippen molar-refractivity contribution in [1.82, 2.24) is 19.4 Å². The first-order valence-electron chi connectivity index (χ1n) is 7.78. The molecule has 110 valence electrons. The number of nitrogens with zero attached hydrogens (tertiary/aromatic N) is 4. The van der Waals surface area contributed by atoms with Crippen molar-refractivity contribution in [1.29, 1.82) is 0 Å². The maximum absolute atomic E-state index is 12.7. The lowest BCUT2D eigenvalue weighted by atomic mass is 10.2. The maximum Gasteiger partial charge on any atom is 0.239 e. The highest BCUT2D eigenvalue weighted by Gasteiger charge is 2.29. The molecule has 0 aromatic carbocycles. The molecule has 1 fully saturated rings. The number of rotatable bonds is 2. The van der Waals surface area contributed by atoms with Gasteiger partial charge in [-0.1, -0.05) is 12.8 Å². The molecular weight excluding hydrogens is 252 g/mol. The molecule has 0 saturated carbocycles. The smallest absolute Gasteiger partial charge is 0.239 e. The molecule has 0 spiro atoms. The van der Waals surface area contributed by atoms with E-state index in [0.29, 0.717) is 5.91 Å². The fraction of sp³-hybridized carbons (Fsp3) is 0.733. The van der Waals surface area contributed by atoms with Crippen LogP contribution >= 0.6 is 0 Å². The molecule has 1 amide bonds. The molecule has 5 nitrogen and oxygen atoms in total. The van der Waals surface area contributed by atoms with Gasteiger partial charge in [0.25, 0.3) is 0 Å². The summed E-state index contributed by atoms with van der Waals surface area (Å²) in [4.78, 5) is 21.4. The van der Waals surface area contributed by atoms with Gasteiger partial charge < -0.3 is 9.47 Å². The predicted molar refractivity (Wildman–Crippen MR) is 77.1 cm³/mol. The second-order valence-electron chi connectivity index (χ2n) is 5.92. The van der Waals surface area contributed by atoms with Crippen LogP contribution in [-0.4, -0.2) is 50.9 Å². The van der Waals surface area contributed by atoms with Gasteiger partial charge in [0.05, 0.1) is 12.6 Å². The Hall–Kier alpha value is -1.36. The van der Waals surface area contributed by atoms with E-state index in [1.807, 2.05) is 19.3 Å². The molecule has 0 N–H and O–H groups in total. The van der Waals surface area contributed by atoms with E-state index < -0.39 is 0 Å². The SMILES string of the molecule is CC(C(=O)N1CCCCCC1)N1CCn2ccnc2C1. The number of carbonyl (C=O) groups excluding carboxylic acids is 1. The molecule has 1 unspecified atom stereocenters. The molecule has 2 aliphatic rings. The van der Waals surface area contributed by atoms with Gasteiger partial charge in [-0.2, -0.15) is 0 Å². The van der Waals surface area contributed by atoms with Gasteiger partial charge in [0.2, 0.25) is 5.91 Å². The van der Waals surface area contributed by atoms with E-state index in [1.165, 1.54) is 12.8 Å². The number of likely N-dealkylation sites (tertiary alicyclic amines) is 1. The standard InChI is InChI=1S/C15H24N4O/c1-13(15(20)18-7-4-2-3-5-8-18)19-11-10-17-9-6-16-14(17)12-19/h6,9,13H,2-5,7-8,10-12H2,1H3. The number of hydrogen-bond donors (Lipinski definition) is 0. The van der Waals surface area contributed by atoms with E-state index in [4.69, 9.17) is 0 Å². The van der Waals surface area contributed by atoms with Crippen LogP contribution in [0.15, 0.2) is 12.4 Å². The fourth-order valence-electron chi connectivity index (χ4n) is 3.23. The molecule has 5 heteroatoms. The summed E-state index contributed by atoms with van der Waals surface area (Å²) in [7, 11) is 0. The third kappa shape index (κ3) is 2.73. The Morgan fingerprint density at radius 3 is 2.65 bits per heavy atom. The van der Waals surface area contributed by atoms with Gasteiger partial charge in [0.15, 0.2) is 0 Å². The third-order valence-corrected chi connectivity index (χ3v) is 4.60. The van der Waals surface area contributed by atoms with Crippen LogP contribution in [0.1, 0.15) is 38.4 Å². The Kier molecular flexibility index (Phi) is 4.05. The van der Waals surface area contributed by atoms with Crippen LogP contribution in [0.25, 0.3) is 0 Å². The van der Waals surface area contributed by atoms with Crippen LogP contribution in [0.2, 0.25) is 0 Å². The van der Waals surface area contributed by atoms with Crippen molar-refractivity contribution in [2.45, 2.75) is 51.7 Å². The normalized spacial score (nSPS) is 22.1. The summed E-state index contributed by atoms with van der Waals surface area (Å²) in [5.74, 6) is 1.37. The lowest BCUT2D eigenvalue weighted by Crippen LogP contribution is -2.49. The van der Waals surface area contributed by atoms with E-state index in [2.05, 4.69) is 19.4 Å². The van der Waals surface area contributed by atoms with Crippen molar-refractivity contribution in [2.24, 2.45) is 0 Å². The summed E-state index contributed by atoms with van der Waals surface area (Å²) >= 11 is 0. The van der Waals surface area contributed by atoms with E-state index in [0.717, 1.165) is 51.4 Å². The molecule has 0 bridgehead atoms. The number of carbonyl (C=O) groups is 1. The van der Waals surface area contributed by atoms with Gasteiger partial charge in [-0.25, -0.2) is 4.98 Å². The first kappa shape index (κ1) is 13.6. The van der Waals surface area contributed by atoms with Crippen LogP contribution in [-0.2, 0) is 17.9 Å². The second-order valence-corrected chi connectivity index (χ2v) is 5.92. The Labute approximate surface area is 120 Å². The highest BCUT2D eigenvalue weighted by molar-refractivity contribution is 5.81. The molecular formula is C15H24N4O. The van der Waals surface area contributed by atoms with Crippen LogP contribution in [0, 0.1) is 0 Å². The zero-order valence-corrected chi connectivity index (χ0v) is 12.3. The summed E-state index contributed by atoms with van der Waals surface area (Å²) in [6, 6.07) is -0.0291. The van der Waals surface area contributed by atoms with Gasteiger partial charge in [-0.3, -0.25) is 9.69 Å². The first-order chi connectivity index (χ1) is 9.75. The van der Waals surface area contributed by atoms with Crippen molar-refractivity contribution in [2.75, 3.05) is 19.6 Å². The van der Waals surface area contributed by atoms with E-state index in [1.54, 1.807) is 0 Å². The molecule has 1 aromatic heterocycles. The molecule has 1 atom stereocenters. The molecule has 0 radical (unpaired) electrons. The molecule has 3 heterocycles. The number of aromatic nitrogens is 2. The second kappa shape index (κ2) is 5.95. The van der Waals surface area contributed by atoms with Crippen molar-refractivity contribution >= 4 is 5.91 Å². The third-order valence-electron chi connectivity index (χ3n) is 4.60. The molecule has 1 saturated heterocycles. The van der Waals surface area contributed by atoms with Gasteiger partial charge in [-0.05, 0) is 19.8 Å². The quantitative estimate of drug-likeness (QED) is 0.822. The van der Waals surface area contributed by atoms with E-state index in [9.17, 15) is 4.79 Å². The molecule has 20 heavy (non-hydrogen) atoms. The largest absolute Gasteiger partial charge is 0.341 e. The van der Waals surface area contributed by atoms with Crippen molar-refractivity contribution in [3.63, 3.8) is 0 Å². The number of hydrogen-bond acceptors (Lipinski definition) is 3. The van der Waals surface area contributed by atoms with Gasteiger partial charge in [0.1, 0.15) is 5.82 Å². The molecule has 0 aliphatic carbocycles. The minimum Gasteiger partial charge on any atom is -0.341 e. The maximum atomic E-state index is 12.7. The van der Waals surface area contributed by atoms with Gasteiger partial charge in [-0.15, -0.1) is 0 Å². The number of amides is 1. The Morgan fingerprint density at radius 1 is 1.15 bits per heavy atom. The number of imidazole rings is 1. The van der Waals surface area contributed by atoms with Crippen molar-refractivity contribution in [3.05, 3.63) is 18.2 Å². The Balaban J connectivity index is 1.63. The minimum absolute atomic E-state index is 0.0291. The molecule has 3 rings (SSSR count). The number of fused-ring (bicyclic) bond motifs is 1. The van der Waals surface area contributed by atoms with E-state index >= 15 is 0 Å². The average Bonchev–Trinajstić information content (AvgIpc) is 2.77. The highest BCUT2D eigenvalue weighted by atomic mass is 16.2. The zero-order chi connectivity index (χ0) is 13.9. The summed E-state index contributed by atoms with van der Waals surface area (Å²) in [5, 5.41) is 0. The lowest BCUT2D eigenvalue weighted by Gasteiger charge is -2.34. The zero-order valence-electron chi connectivity index (χ0n) is 12.3. The highest BCUT2D eigenvalue weighted by Crippen LogP contribution is 2.17. The summed E-state index contributed by atoms with van der Waals surface area (Å²) in [6.07, 6.45) is 8.71. The van der Waals surface area contributed by atoms with E-state index in [-0.39, 0.29) is 6.04 Å². The predicted octanol–water partition coefficient (Wildman–Crippen LogP) is 1.49. The average molecular weight is 276 g/mol. The Morgan fingerprint density at radius 2 is 1.90 bits per heavy atom. The van der Waals surface area contributed by atoms with Crippen LogP contribution < -0.4 is 0 Å². The Bertz CT molecular complexity index is 462. The summed E-state index contributed by atoms with van der Waals surface area (Å²) in [6.45, 7) is 6.58. The fourth-order valence-corrected chi connectivity index (χ4v) is 3.23. The topological polar surface area (TPSA) is 41.4 Å². The molecule has 1 aromatic rings. The van der Waals surface area contributed by atoms with Crippen LogP contribution in [0.5, 0.6) is 0 Å². The van der Waals surface area contributed by atoms with Crippen molar-refractivity contribution in [3.8, 4) is 0 Å². The van der Waals surface area contributed by atoms with Crippen molar-refractivity contribution < 1.29 is 4.79 Å². The molecule has 2 aliphatic heterocycles. The summed E-state index contributed by atoms with van der Waals surface area (Å²) < 4.78 is 2.18. The van der Waals surface area contributed by atoms with Gasteiger partial charge in [0, 0.05) is 38.6 Å². The van der Waals surface area contributed by atoms with Crippen LogP contribution in [0.4, 0.5) is 0 Å². The van der Waals surface area contributed by atoms with Crippen LogP contribution in [0.3, 0.4) is 0 Å².